The van der Waals surface area contributed by atoms with Crippen molar-refractivity contribution >= 4 is 0 Å². The lowest BCUT2D eigenvalue weighted by Gasteiger charge is -2.33. The molecule has 16 heavy (non-hydrogen) atoms. The molecule has 2 unspecified atom stereocenters. The van der Waals surface area contributed by atoms with E-state index in [0.717, 1.165) is 6.42 Å². The second kappa shape index (κ2) is 5.44. The first kappa shape index (κ1) is 13.2. The van der Waals surface area contributed by atoms with Crippen LogP contribution in [0, 0.1) is 5.41 Å². The summed E-state index contributed by atoms with van der Waals surface area (Å²) in [7, 11) is 0. The van der Waals surface area contributed by atoms with Gasteiger partial charge in [-0.25, -0.2) is 0 Å². The first-order valence-electron chi connectivity index (χ1n) is 6.11. The Morgan fingerprint density at radius 2 is 2.06 bits per heavy atom. The van der Waals surface area contributed by atoms with Gasteiger partial charge in [0, 0.05) is 24.5 Å². The first-order valence-corrected chi connectivity index (χ1v) is 6.11. The third kappa shape index (κ3) is 3.60. The maximum atomic E-state index is 4.16. The lowest BCUT2D eigenvalue weighted by atomic mass is 9.84. The molecule has 0 radical (unpaired) electrons. The van der Waals surface area contributed by atoms with E-state index in [1.54, 1.807) is 0 Å². The van der Waals surface area contributed by atoms with Crippen LogP contribution >= 0.6 is 0 Å². The van der Waals surface area contributed by atoms with Crippen LogP contribution in [0.15, 0.2) is 24.5 Å². The highest BCUT2D eigenvalue weighted by Gasteiger charge is 2.24. The summed E-state index contributed by atoms with van der Waals surface area (Å²) >= 11 is 0. The molecule has 0 amide bonds. The number of nitrogens with zero attached hydrogens (tertiary/aromatic N) is 1. The summed E-state index contributed by atoms with van der Waals surface area (Å²) in [5.41, 5.74) is 1.55. The van der Waals surface area contributed by atoms with Gasteiger partial charge in [0.25, 0.3) is 0 Å². The van der Waals surface area contributed by atoms with Crippen LogP contribution in [0.5, 0.6) is 0 Å². The number of rotatable bonds is 4. The van der Waals surface area contributed by atoms with E-state index in [4.69, 9.17) is 0 Å². The van der Waals surface area contributed by atoms with Crippen molar-refractivity contribution in [2.75, 3.05) is 0 Å². The molecule has 1 heterocycles. The Balaban J connectivity index is 2.67. The van der Waals surface area contributed by atoms with Crippen LogP contribution in [0.4, 0.5) is 0 Å². The number of hydrogen-bond acceptors (Lipinski definition) is 2. The van der Waals surface area contributed by atoms with Gasteiger partial charge in [0.15, 0.2) is 0 Å². The van der Waals surface area contributed by atoms with Gasteiger partial charge < -0.3 is 5.32 Å². The SMILES string of the molecule is CCC(NC(C)c1cccnc1)C(C)(C)C. The number of hydrogen-bond donors (Lipinski definition) is 1. The molecule has 1 N–H and O–H groups in total. The van der Waals surface area contributed by atoms with E-state index in [9.17, 15) is 0 Å². The Bertz CT molecular complexity index is 300. The summed E-state index contributed by atoms with van der Waals surface area (Å²) in [6.45, 7) is 11.3. The van der Waals surface area contributed by atoms with Crippen LogP contribution in [0.3, 0.4) is 0 Å². The highest BCUT2D eigenvalue weighted by molar-refractivity contribution is 5.13. The van der Waals surface area contributed by atoms with Gasteiger partial charge >= 0.3 is 0 Å². The Hall–Kier alpha value is -0.890. The number of pyridine rings is 1. The van der Waals surface area contributed by atoms with E-state index in [1.165, 1.54) is 5.56 Å². The zero-order valence-electron chi connectivity index (χ0n) is 11.1. The summed E-state index contributed by atoms with van der Waals surface area (Å²) in [6, 6.07) is 5.01. The molecule has 0 aliphatic carbocycles. The van der Waals surface area contributed by atoms with Crippen molar-refractivity contribution in [1.82, 2.24) is 10.3 Å². The zero-order valence-corrected chi connectivity index (χ0v) is 11.1. The second-order valence-corrected chi connectivity index (χ2v) is 5.50. The summed E-state index contributed by atoms with van der Waals surface area (Å²) < 4.78 is 0. The molecule has 1 aromatic rings. The molecule has 90 valence electrons. The molecule has 2 nitrogen and oxygen atoms in total. The van der Waals surface area contributed by atoms with Crippen LogP contribution < -0.4 is 5.32 Å². The van der Waals surface area contributed by atoms with E-state index >= 15 is 0 Å². The van der Waals surface area contributed by atoms with Gasteiger partial charge in [-0.15, -0.1) is 0 Å². The van der Waals surface area contributed by atoms with Gasteiger partial charge in [-0.3, -0.25) is 4.98 Å². The van der Waals surface area contributed by atoms with Gasteiger partial charge in [-0.1, -0.05) is 33.8 Å². The highest BCUT2D eigenvalue weighted by atomic mass is 15.0. The third-order valence-electron chi connectivity index (χ3n) is 3.09. The maximum Gasteiger partial charge on any atom is 0.0315 e. The molecule has 2 atom stereocenters. The number of aromatic nitrogens is 1. The van der Waals surface area contributed by atoms with Gasteiger partial charge in [0.1, 0.15) is 0 Å². The van der Waals surface area contributed by atoms with Crippen molar-refractivity contribution in [3.05, 3.63) is 30.1 Å². The molecule has 0 bridgehead atoms. The minimum absolute atomic E-state index is 0.297. The molecular weight excluding hydrogens is 196 g/mol. The molecular formula is C14H24N2. The van der Waals surface area contributed by atoms with Crippen molar-refractivity contribution in [1.29, 1.82) is 0 Å². The van der Waals surface area contributed by atoms with Crippen molar-refractivity contribution < 1.29 is 0 Å². The molecule has 1 aromatic heterocycles. The first-order chi connectivity index (χ1) is 7.45. The predicted octanol–water partition coefficient (Wildman–Crippen LogP) is 3.56. The molecule has 0 fully saturated rings. The topological polar surface area (TPSA) is 24.9 Å². The van der Waals surface area contributed by atoms with Crippen molar-refractivity contribution in [2.24, 2.45) is 5.41 Å². The van der Waals surface area contributed by atoms with Crippen LogP contribution in [-0.4, -0.2) is 11.0 Å². The van der Waals surface area contributed by atoms with Crippen LogP contribution in [0.2, 0.25) is 0 Å². The summed E-state index contributed by atoms with van der Waals surface area (Å²) in [5, 5.41) is 3.68. The zero-order chi connectivity index (χ0) is 12.2. The third-order valence-corrected chi connectivity index (χ3v) is 3.09. The smallest absolute Gasteiger partial charge is 0.0315 e. The molecule has 2 heteroatoms. The van der Waals surface area contributed by atoms with Gasteiger partial charge in [-0.2, -0.15) is 0 Å². The Labute approximate surface area is 99.5 Å². The van der Waals surface area contributed by atoms with Gasteiger partial charge in [-0.05, 0) is 30.4 Å². The maximum absolute atomic E-state index is 4.16. The van der Waals surface area contributed by atoms with Crippen LogP contribution in [-0.2, 0) is 0 Å². The lowest BCUT2D eigenvalue weighted by molar-refractivity contribution is 0.244. The standard InChI is InChI=1S/C14H24N2/c1-6-13(14(3,4)5)16-11(2)12-8-7-9-15-10-12/h7-11,13,16H,6H2,1-5H3. The molecule has 0 saturated carbocycles. The van der Waals surface area contributed by atoms with E-state index < -0.39 is 0 Å². The quantitative estimate of drug-likeness (QED) is 0.839. The molecule has 0 aromatic carbocycles. The normalized spacial score (nSPS) is 15.8. The minimum atomic E-state index is 0.297. The fraction of sp³-hybridized carbons (Fsp3) is 0.643. The fourth-order valence-corrected chi connectivity index (χ4v) is 2.01. The van der Waals surface area contributed by atoms with Gasteiger partial charge in [0.05, 0.1) is 0 Å². The average Bonchev–Trinajstić information content (AvgIpc) is 2.25. The Morgan fingerprint density at radius 1 is 1.38 bits per heavy atom. The summed E-state index contributed by atoms with van der Waals surface area (Å²) in [4.78, 5) is 4.16. The average molecular weight is 220 g/mol. The largest absolute Gasteiger partial charge is 0.307 e. The minimum Gasteiger partial charge on any atom is -0.307 e. The van der Waals surface area contributed by atoms with E-state index in [2.05, 4.69) is 51.0 Å². The summed E-state index contributed by atoms with van der Waals surface area (Å²) in [6.07, 6.45) is 4.90. The van der Waals surface area contributed by atoms with Crippen LogP contribution in [0.1, 0.15) is 52.6 Å². The van der Waals surface area contributed by atoms with Crippen molar-refractivity contribution in [3.63, 3.8) is 0 Å². The van der Waals surface area contributed by atoms with Crippen molar-refractivity contribution in [3.8, 4) is 0 Å². The van der Waals surface area contributed by atoms with Gasteiger partial charge in [0.2, 0.25) is 0 Å². The second-order valence-electron chi connectivity index (χ2n) is 5.50. The number of nitrogens with one attached hydrogen (secondary N) is 1. The summed E-state index contributed by atoms with van der Waals surface area (Å²) in [5.74, 6) is 0. The highest BCUT2D eigenvalue weighted by Crippen LogP contribution is 2.24. The lowest BCUT2D eigenvalue weighted by Crippen LogP contribution is -2.41. The van der Waals surface area contributed by atoms with E-state index in [0.29, 0.717) is 17.5 Å². The van der Waals surface area contributed by atoms with Crippen LogP contribution in [0.25, 0.3) is 0 Å². The molecule has 0 aliphatic rings. The predicted molar refractivity (Wildman–Crippen MR) is 69.3 cm³/mol. The fourth-order valence-electron chi connectivity index (χ4n) is 2.01. The van der Waals surface area contributed by atoms with E-state index in [1.807, 2.05) is 18.5 Å². The monoisotopic (exact) mass is 220 g/mol. The molecule has 1 rings (SSSR count). The Kier molecular flexibility index (Phi) is 4.48. The Morgan fingerprint density at radius 3 is 2.50 bits per heavy atom. The van der Waals surface area contributed by atoms with Crippen molar-refractivity contribution in [2.45, 2.75) is 53.1 Å². The van der Waals surface area contributed by atoms with E-state index in [-0.39, 0.29) is 0 Å². The molecule has 0 aliphatic heterocycles. The molecule has 0 saturated heterocycles. The molecule has 0 spiro atoms.